The molecule has 2 aromatic heterocycles. The van der Waals surface area contributed by atoms with Crippen molar-refractivity contribution in [3.8, 4) is 5.69 Å². The summed E-state index contributed by atoms with van der Waals surface area (Å²) in [6, 6.07) is 8.08. The molecule has 1 N–H and O–H groups in total. The smallest absolute Gasteiger partial charge is 0.168 e. The summed E-state index contributed by atoms with van der Waals surface area (Å²) in [6.07, 6.45) is 11.1. The van der Waals surface area contributed by atoms with Crippen molar-refractivity contribution in [2.45, 2.75) is 44.6 Å². The molecule has 24 heavy (non-hydrogen) atoms. The highest BCUT2D eigenvalue weighted by Crippen LogP contribution is 2.26. The Morgan fingerprint density at radius 1 is 1.00 bits per heavy atom. The SMILES string of the molecule is Clc1ccc(-n2ncc3c(NC4CCCCCC4)ncnc32)cc1. The maximum Gasteiger partial charge on any atom is 0.168 e. The van der Waals surface area contributed by atoms with Crippen molar-refractivity contribution in [3.63, 3.8) is 0 Å². The average Bonchev–Trinajstić information content (AvgIpc) is 2.87. The zero-order valence-corrected chi connectivity index (χ0v) is 14.2. The summed E-state index contributed by atoms with van der Waals surface area (Å²) < 4.78 is 1.83. The van der Waals surface area contributed by atoms with Crippen molar-refractivity contribution in [1.29, 1.82) is 0 Å². The van der Waals surface area contributed by atoms with E-state index in [2.05, 4.69) is 20.4 Å². The summed E-state index contributed by atoms with van der Waals surface area (Å²) in [4.78, 5) is 8.88. The van der Waals surface area contributed by atoms with Crippen LogP contribution in [0.5, 0.6) is 0 Å². The van der Waals surface area contributed by atoms with Gasteiger partial charge in [0.05, 0.1) is 17.3 Å². The molecular weight excluding hydrogens is 322 g/mol. The molecule has 1 aromatic carbocycles. The number of nitrogens with one attached hydrogen (secondary N) is 1. The first-order chi connectivity index (χ1) is 11.8. The fourth-order valence-corrected chi connectivity index (χ4v) is 3.47. The average molecular weight is 342 g/mol. The fraction of sp³-hybridized carbons (Fsp3) is 0.389. The molecule has 1 aliphatic carbocycles. The lowest BCUT2D eigenvalue weighted by Crippen LogP contribution is -2.19. The third-order valence-electron chi connectivity index (χ3n) is 4.63. The minimum absolute atomic E-state index is 0.490. The van der Waals surface area contributed by atoms with Crippen LogP contribution in [0.15, 0.2) is 36.8 Å². The van der Waals surface area contributed by atoms with Crippen molar-refractivity contribution in [2.24, 2.45) is 0 Å². The first-order valence-electron chi connectivity index (χ1n) is 8.52. The molecule has 3 aromatic rings. The van der Waals surface area contributed by atoms with Gasteiger partial charge in [0.25, 0.3) is 0 Å². The van der Waals surface area contributed by atoms with Gasteiger partial charge in [-0.25, -0.2) is 14.6 Å². The Kier molecular flexibility index (Phi) is 4.34. The quantitative estimate of drug-likeness (QED) is 0.707. The Morgan fingerprint density at radius 3 is 2.50 bits per heavy atom. The second-order valence-electron chi connectivity index (χ2n) is 6.33. The lowest BCUT2D eigenvalue weighted by molar-refractivity contribution is 0.618. The van der Waals surface area contributed by atoms with E-state index >= 15 is 0 Å². The topological polar surface area (TPSA) is 55.6 Å². The number of hydrogen-bond donors (Lipinski definition) is 1. The number of hydrogen-bond acceptors (Lipinski definition) is 4. The van der Waals surface area contributed by atoms with Gasteiger partial charge in [0, 0.05) is 11.1 Å². The Morgan fingerprint density at radius 2 is 1.75 bits per heavy atom. The highest BCUT2D eigenvalue weighted by Gasteiger charge is 2.16. The van der Waals surface area contributed by atoms with Crippen LogP contribution in [0.2, 0.25) is 5.02 Å². The lowest BCUT2D eigenvalue weighted by Gasteiger charge is -2.17. The van der Waals surface area contributed by atoms with Gasteiger partial charge in [-0.3, -0.25) is 0 Å². The van der Waals surface area contributed by atoms with Gasteiger partial charge in [-0.05, 0) is 37.1 Å². The number of benzene rings is 1. The summed E-state index contributed by atoms with van der Waals surface area (Å²) in [5.74, 6) is 0.882. The van der Waals surface area contributed by atoms with Crippen LogP contribution in [0.1, 0.15) is 38.5 Å². The second-order valence-corrected chi connectivity index (χ2v) is 6.76. The first-order valence-corrected chi connectivity index (χ1v) is 8.90. The van der Waals surface area contributed by atoms with Crippen LogP contribution >= 0.6 is 11.6 Å². The van der Waals surface area contributed by atoms with Gasteiger partial charge in [-0.1, -0.05) is 37.3 Å². The van der Waals surface area contributed by atoms with Crippen LogP contribution in [0.3, 0.4) is 0 Å². The van der Waals surface area contributed by atoms with E-state index in [4.69, 9.17) is 11.6 Å². The molecule has 0 bridgehead atoms. The number of rotatable bonds is 3. The molecule has 124 valence electrons. The predicted molar refractivity (Wildman–Crippen MR) is 96.8 cm³/mol. The molecule has 0 saturated heterocycles. The molecule has 0 spiro atoms. The zero-order valence-electron chi connectivity index (χ0n) is 13.5. The molecule has 0 radical (unpaired) electrons. The Bertz CT molecular complexity index is 819. The van der Waals surface area contributed by atoms with Gasteiger partial charge in [-0.15, -0.1) is 0 Å². The molecule has 1 fully saturated rings. The zero-order chi connectivity index (χ0) is 16.4. The highest BCUT2D eigenvalue weighted by atomic mass is 35.5. The van der Waals surface area contributed by atoms with Crippen molar-refractivity contribution in [2.75, 3.05) is 5.32 Å². The summed E-state index contributed by atoms with van der Waals surface area (Å²) in [7, 11) is 0. The Hall–Kier alpha value is -2.14. The number of anilines is 1. The van der Waals surface area contributed by atoms with Gasteiger partial charge in [0.1, 0.15) is 12.1 Å². The van der Waals surface area contributed by atoms with Crippen LogP contribution < -0.4 is 5.32 Å². The van der Waals surface area contributed by atoms with Crippen LogP contribution in [0.25, 0.3) is 16.7 Å². The summed E-state index contributed by atoms with van der Waals surface area (Å²) in [5, 5.41) is 9.77. The largest absolute Gasteiger partial charge is 0.367 e. The molecule has 0 amide bonds. The monoisotopic (exact) mass is 341 g/mol. The Balaban J connectivity index is 1.67. The van der Waals surface area contributed by atoms with E-state index in [1.807, 2.05) is 35.1 Å². The summed E-state index contributed by atoms with van der Waals surface area (Å²) in [5.41, 5.74) is 1.75. The normalized spacial score (nSPS) is 16.2. The van der Waals surface area contributed by atoms with Crippen LogP contribution in [0, 0.1) is 0 Å². The molecule has 2 heterocycles. The molecule has 6 heteroatoms. The minimum Gasteiger partial charge on any atom is -0.367 e. The maximum absolute atomic E-state index is 5.97. The number of halogens is 1. The van der Waals surface area contributed by atoms with E-state index in [0.717, 1.165) is 22.5 Å². The van der Waals surface area contributed by atoms with Gasteiger partial charge in [-0.2, -0.15) is 5.10 Å². The third-order valence-corrected chi connectivity index (χ3v) is 4.88. The number of fused-ring (bicyclic) bond motifs is 1. The van der Waals surface area contributed by atoms with Gasteiger partial charge in [0.2, 0.25) is 0 Å². The third kappa shape index (κ3) is 3.08. The molecule has 0 aliphatic heterocycles. The molecular formula is C18H20ClN5. The van der Waals surface area contributed by atoms with Gasteiger partial charge < -0.3 is 5.32 Å². The molecule has 1 saturated carbocycles. The predicted octanol–water partition coefficient (Wildman–Crippen LogP) is 4.60. The fourth-order valence-electron chi connectivity index (χ4n) is 3.35. The van der Waals surface area contributed by atoms with Crippen LogP contribution in [-0.4, -0.2) is 25.8 Å². The van der Waals surface area contributed by atoms with Crippen molar-refractivity contribution < 1.29 is 0 Å². The maximum atomic E-state index is 5.97. The summed E-state index contributed by atoms with van der Waals surface area (Å²) >= 11 is 5.97. The van der Waals surface area contributed by atoms with Crippen molar-refractivity contribution >= 4 is 28.5 Å². The van der Waals surface area contributed by atoms with E-state index in [0.29, 0.717) is 11.1 Å². The standard InChI is InChI=1S/C18H20ClN5/c19-13-7-9-15(10-8-13)24-18-16(11-22-24)17(20-12-21-18)23-14-5-3-1-2-4-6-14/h7-12,14H,1-6H2,(H,20,21,23). The molecule has 0 unspecified atom stereocenters. The van der Waals surface area contributed by atoms with Crippen LogP contribution in [0.4, 0.5) is 5.82 Å². The van der Waals surface area contributed by atoms with Gasteiger partial charge >= 0.3 is 0 Å². The van der Waals surface area contributed by atoms with E-state index in [1.54, 1.807) is 6.33 Å². The van der Waals surface area contributed by atoms with E-state index < -0.39 is 0 Å². The number of aromatic nitrogens is 4. The van der Waals surface area contributed by atoms with Crippen molar-refractivity contribution in [3.05, 3.63) is 41.8 Å². The van der Waals surface area contributed by atoms with E-state index in [-0.39, 0.29) is 0 Å². The molecule has 5 nitrogen and oxygen atoms in total. The molecule has 0 atom stereocenters. The van der Waals surface area contributed by atoms with E-state index in [9.17, 15) is 0 Å². The summed E-state index contributed by atoms with van der Waals surface area (Å²) in [6.45, 7) is 0. The number of nitrogens with zero attached hydrogens (tertiary/aromatic N) is 4. The van der Waals surface area contributed by atoms with E-state index in [1.165, 1.54) is 38.5 Å². The van der Waals surface area contributed by atoms with Crippen LogP contribution in [-0.2, 0) is 0 Å². The lowest BCUT2D eigenvalue weighted by atomic mass is 10.1. The Labute approximate surface area is 146 Å². The second kappa shape index (κ2) is 6.77. The first kappa shape index (κ1) is 15.4. The highest BCUT2D eigenvalue weighted by molar-refractivity contribution is 6.30. The van der Waals surface area contributed by atoms with Crippen molar-refractivity contribution in [1.82, 2.24) is 19.7 Å². The minimum atomic E-state index is 0.490. The molecule has 1 aliphatic rings. The van der Waals surface area contributed by atoms with Gasteiger partial charge in [0.15, 0.2) is 5.65 Å². The molecule has 4 rings (SSSR count).